The number of ether oxygens (including phenoxy) is 1. The number of allylic oxidation sites excluding steroid dienone is 1. The molecule has 0 aromatic heterocycles. The molecule has 2 rings (SSSR count). The van der Waals surface area contributed by atoms with Crippen LogP contribution in [-0.4, -0.2) is 39.3 Å². The van der Waals surface area contributed by atoms with Crippen LogP contribution in [-0.2, 0) is 22.9 Å². The normalized spacial score (nSPS) is 12.5. The van der Waals surface area contributed by atoms with Crippen molar-refractivity contribution in [2.75, 3.05) is 19.7 Å². The lowest BCUT2D eigenvalue weighted by Crippen LogP contribution is -2.32. The number of sulfonamides is 1. The molecule has 0 radical (unpaired) electrons. The van der Waals surface area contributed by atoms with Crippen LogP contribution in [0.15, 0.2) is 66.1 Å². The summed E-state index contributed by atoms with van der Waals surface area (Å²) >= 11 is 0. The second-order valence-electron chi connectivity index (χ2n) is 6.21. The minimum Gasteiger partial charge on any atom is -0.491 e. The maximum absolute atomic E-state index is 11.2. The van der Waals surface area contributed by atoms with Gasteiger partial charge in [-0.05, 0) is 48.7 Å². The lowest BCUT2D eigenvalue weighted by Gasteiger charge is -2.15. The molecule has 0 saturated heterocycles. The third kappa shape index (κ3) is 7.15. The second-order valence-corrected chi connectivity index (χ2v) is 7.77. The van der Waals surface area contributed by atoms with Gasteiger partial charge in [0.1, 0.15) is 18.5 Å². The minimum atomic E-state index is -3.66. The van der Waals surface area contributed by atoms with Gasteiger partial charge in [0.15, 0.2) is 0 Å². The van der Waals surface area contributed by atoms with E-state index < -0.39 is 16.1 Å². The predicted molar refractivity (Wildman–Crippen MR) is 106 cm³/mol. The van der Waals surface area contributed by atoms with Gasteiger partial charge in [-0.1, -0.05) is 36.4 Å². The first-order chi connectivity index (χ1) is 12.9. The second kappa shape index (κ2) is 10.2. The first kappa shape index (κ1) is 21.1. The zero-order valence-electron chi connectivity index (χ0n) is 15.2. The van der Waals surface area contributed by atoms with Crippen LogP contribution >= 0.6 is 0 Å². The van der Waals surface area contributed by atoms with Gasteiger partial charge in [-0.25, -0.2) is 13.6 Å². The van der Waals surface area contributed by atoms with Gasteiger partial charge < -0.3 is 15.2 Å². The van der Waals surface area contributed by atoms with Crippen molar-refractivity contribution in [3.63, 3.8) is 0 Å². The highest BCUT2D eigenvalue weighted by Gasteiger charge is 2.08. The van der Waals surface area contributed by atoms with E-state index in [-0.39, 0.29) is 11.5 Å². The molecular formula is C20H26N2O4S. The molecule has 0 aliphatic rings. The van der Waals surface area contributed by atoms with Crippen LogP contribution in [0.4, 0.5) is 0 Å². The zero-order valence-corrected chi connectivity index (χ0v) is 16.0. The molecule has 0 aliphatic carbocycles. The van der Waals surface area contributed by atoms with Crippen LogP contribution in [0.2, 0.25) is 0 Å². The molecule has 0 fully saturated rings. The monoisotopic (exact) mass is 390 g/mol. The largest absolute Gasteiger partial charge is 0.491 e. The highest BCUT2D eigenvalue weighted by atomic mass is 32.2. The Balaban J connectivity index is 1.70. The Morgan fingerprint density at radius 1 is 1.19 bits per heavy atom. The number of aliphatic hydroxyl groups excluding tert-OH is 1. The fourth-order valence-electron chi connectivity index (χ4n) is 2.56. The minimum absolute atomic E-state index is 0.100. The lowest BCUT2D eigenvalue weighted by molar-refractivity contribution is 0.106. The highest BCUT2D eigenvalue weighted by molar-refractivity contribution is 7.89. The number of benzene rings is 2. The van der Waals surface area contributed by atoms with Crippen LogP contribution in [0.5, 0.6) is 5.75 Å². The van der Waals surface area contributed by atoms with Gasteiger partial charge in [-0.15, -0.1) is 6.58 Å². The number of rotatable bonds is 11. The first-order valence-electron chi connectivity index (χ1n) is 8.72. The van der Waals surface area contributed by atoms with Crippen LogP contribution in [0, 0.1) is 0 Å². The summed E-state index contributed by atoms with van der Waals surface area (Å²) in [6.07, 6.45) is 2.61. The van der Waals surface area contributed by atoms with Crippen molar-refractivity contribution in [1.82, 2.24) is 5.32 Å². The summed E-state index contributed by atoms with van der Waals surface area (Å²) in [6, 6.07) is 14.1. The molecule has 0 aliphatic heterocycles. The van der Waals surface area contributed by atoms with Gasteiger partial charge in [-0.2, -0.15) is 0 Å². The van der Waals surface area contributed by atoms with Crippen molar-refractivity contribution in [3.05, 3.63) is 72.3 Å². The highest BCUT2D eigenvalue weighted by Crippen LogP contribution is 2.18. The average Bonchev–Trinajstić information content (AvgIpc) is 2.64. The van der Waals surface area contributed by atoms with E-state index >= 15 is 0 Å². The van der Waals surface area contributed by atoms with E-state index in [1.54, 1.807) is 12.1 Å². The van der Waals surface area contributed by atoms with Crippen molar-refractivity contribution >= 4 is 10.0 Å². The summed E-state index contributed by atoms with van der Waals surface area (Å²) in [4.78, 5) is 0.100. The van der Waals surface area contributed by atoms with E-state index in [4.69, 9.17) is 9.88 Å². The van der Waals surface area contributed by atoms with Crippen LogP contribution in [0.3, 0.4) is 0 Å². The van der Waals surface area contributed by atoms with Gasteiger partial charge in [0.25, 0.3) is 0 Å². The SMILES string of the molecule is C=CCc1ccccc1OCC(O)CNCCc1ccc(S(N)(=O)=O)cc1. The number of para-hydroxylation sites is 1. The molecule has 2 aromatic rings. The molecular weight excluding hydrogens is 364 g/mol. The molecule has 146 valence electrons. The van der Waals surface area contributed by atoms with E-state index in [1.165, 1.54) is 12.1 Å². The van der Waals surface area contributed by atoms with Crippen molar-refractivity contribution in [1.29, 1.82) is 0 Å². The Bertz CT molecular complexity index is 835. The smallest absolute Gasteiger partial charge is 0.238 e. The lowest BCUT2D eigenvalue weighted by atomic mass is 10.1. The topological polar surface area (TPSA) is 102 Å². The molecule has 6 nitrogen and oxygen atoms in total. The van der Waals surface area contributed by atoms with Gasteiger partial charge in [0.2, 0.25) is 10.0 Å². The van der Waals surface area contributed by atoms with Gasteiger partial charge >= 0.3 is 0 Å². The summed E-state index contributed by atoms with van der Waals surface area (Å²) in [5, 5.41) is 18.3. The Hall–Kier alpha value is -2.19. The van der Waals surface area contributed by atoms with E-state index in [0.717, 1.165) is 23.3 Å². The predicted octanol–water partition coefficient (Wildman–Crippen LogP) is 1.63. The van der Waals surface area contributed by atoms with E-state index in [0.29, 0.717) is 19.5 Å². The molecule has 7 heteroatoms. The van der Waals surface area contributed by atoms with Crippen molar-refractivity contribution in [3.8, 4) is 5.75 Å². The Morgan fingerprint density at radius 2 is 1.89 bits per heavy atom. The number of aliphatic hydroxyl groups is 1. The van der Waals surface area contributed by atoms with E-state index in [2.05, 4.69) is 11.9 Å². The zero-order chi connectivity index (χ0) is 19.7. The van der Waals surface area contributed by atoms with Crippen LogP contribution < -0.4 is 15.2 Å². The first-order valence-corrected chi connectivity index (χ1v) is 10.3. The summed E-state index contributed by atoms with van der Waals surface area (Å²) in [5.41, 5.74) is 2.02. The van der Waals surface area contributed by atoms with Gasteiger partial charge in [-0.3, -0.25) is 0 Å². The molecule has 27 heavy (non-hydrogen) atoms. The molecule has 0 bridgehead atoms. The number of primary sulfonamides is 1. The maximum atomic E-state index is 11.2. The van der Waals surface area contributed by atoms with Gasteiger partial charge in [0, 0.05) is 6.54 Å². The number of nitrogens with one attached hydrogen (secondary N) is 1. The molecule has 0 amide bonds. The van der Waals surface area contributed by atoms with E-state index in [1.807, 2.05) is 30.3 Å². The number of nitrogens with two attached hydrogens (primary N) is 1. The molecule has 0 spiro atoms. The van der Waals surface area contributed by atoms with Crippen LogP contribution in [0.1, 0.15) is 11.1 Å². The summed E-state index contributed by atoms with van der Waals surface area (Å²) in [6.45, 7) is 4.98. The molecule has 4 N–H and O–H groups in total. The van der Waals surface area contributed by atoms with Crippen molar-refractivity contribution in [2.24, 2.45) is 5.14 Å². The number of hydrogen-bond donors (Lipinski definition) is 3. The summed E-state index contributed by atoms with van der Waals surface area (Å²) in [5.74, 6) is 0.756. The quantitative estimate of drug-likeness (QED) is 0.400. The molecule has 0 heterocycles. The fourth-order valence-corrected chi connectivity index (χ4v) is 3.08. The molecule has 1 atom stereocenters. The summed E-state index contributed by atoms with van der Waals surface area (Å²) in [7, 11) is -3.66. The third-order valence-corrected chi connectivity index (χ3v) is 4.92. The number of hydrogen-bond acceptors (Lipinski definition) is 5. The molecule has 2 aromatic carbocycles. The summed E-state index contributed by atoms with van der Waals surface area (Å²) < 4.78 is 28.1. The fraction of sp³-hybridized carbons (Fsp3) is 0.300. The van der Waals surface area contributed by atoms with Crippen LogP contribution in [0.25, 0.3) is 0 Å². The Kier molecular flexibility index (Phi) is 7.99. The third-order valence-electron chi connectivity index (χ3n) is 3.99. The van der Waals surface area contributed by atoms with Gasteiger partial charge in [0.05, 0.1) is 4.90 Å². The Labute approximate surface area is 160 Å². The maximum Gasteiger partial charge on any atom is 0.238 e. The standard InChI is InChI=1S/C20H26N2O4S/c1-2-5-17-6-3-4-7-20(17)26-15-18(23)14-22-13-12-16-8-10-19(11-9-16)27(21,24)25/h2-4,6-11,18,22-23H,1,5,12-15H2,(H2,21,24,25). The van der Waals surface area contributed by atoms with Crippen molar-refractivity contribution < 1.29 is 18.3 Å². The molecule has 1 unspecified atom stereocenters. The Morgan fingerprint density at radius 3 is 2.56 bits per heavy atom. The van der Waals surface area contributed by atoms with E-state index in [9.17, 15) is 13.5 Å². The average molecular weight is 391 g/mol. The van der Waals surface area contributed by atoms with Crippen molar-refractivity contribution in [2.45, 2.75) is 23.8 Å². The molecule has 0 saturated carbocycles.